The molecular weight excluding hydrogens is 178 g/mol. The van der Waals surface area contributed by atoms with Crippen molar-refractivity contribution in [1.82, 2.24) is 0 Å². The summed E-state index contributed by atoms with van der Waals surface area (Å²) in [6, 6.07) is 5.91. The smallest absolute Gasteiger partial charge is 0.311 e. The number of rotatable bonds is 2. The van der Waals surface area contributed by atoms with Crippen LogP contribution in [0, 0.1) is 0 Å². The van der Waals surface area contributed by atoms with Crippen molar-refractivity contribution >= 4 is 11.7 Å². The number of aliphatic carboxylic acids is 1. The molecule has 0 saturated carbocycles. The summed E-state index contributed by atoms with van der Waals surface area (Å²) in [7, 11) is 1.83. The van der Waals surface area contributed by atoms with Gasteiger partial charge in [-0.15, -0.1) is 0 Å². The number of carbonyl (C=O) groups is 1. The van der Waals surface area contributed by atoms with E-state index >= 15 is 0 Å². The quantitative estimate of drug-likeness (QED) is 0.750. The molecule has 74 valence electrons. The molecule has 1 aliphatic rings. The highest BCUT2D eigenvalue weighted by atomic mass is 16.4. The lowest BCUT2D eigenvalue weighted by molar-refractivity contribution is -0.138. The SMILES string of the molecule is CNc1cccc2c1C(C(=O)O)CC2. The summed E-state index contributed by atoms with van der Waals surface area (Å²) >= 11 is 0. The Morgan fingerprint density at radius 1 is 1.57 bits per heavy atom. The van der Waals surface area contributed by atoms with Crippen LogP contribution in [0.1, 0.15) is 23.5 Å². The van der Waals surface area contributed by atoms with Gasteiger partial charge in [0.25, 0.3) is 0 Å². The van der Waals surface area contributed by atoms with Gasteiger partial charge in [-0.05, 0) is 30.0 Å². The average Bonchev–Trinajstić information content (AvgIpc) is 2.60. The Morgan fingerprint density at radius 2 is 2.36 bits per heavy atom. The molecule has 14 heavy (non-hydrogen) atoms. The highest BCUT2D eigenvalue weighted by Gasteiger charge is 2.30. The molecule has 1 unspecified atom stereocenters. The third-order valence-corrected chi connectivity index (χ3v) is 2.81. The Kier molecular flexibility index (Phi) is 2.15. The molecule has 0 saturated heterocycles. The van der Waals surface area contributed by atoms with Crippen LogP contribution in [-0.2, 0) is 11.2 Å². The molecule has 1 atom stereocenters. The lowest BCUT2D eigenvalue weighted by atomic mass is 9.99. The summed E-state index contributed by atoms with van der Waals surface area (Å²) in [6.45, 7) is 0. The van der Waals surface area contributed by atoms with Gasteiger partial charge in [-0.25, -0.2) is 0 Å². The van der Waals surface area contributed by atoms with Gasteiger partial charge >= 0.3 is 5.97 Å². The number of nitrogens with one attached hydrogen (secondary N) is 1. The second-order valence-electron chi connectivity index (χ2n) is 3.56. The number of fused-ring (bicyclic) bond motifs is 1. The minimum atomic E-state index is -0.716. The maximum atomic E-state index is 11.0. The van der Waals surface area contributed by atoms with Crippen molar-refractivity contribution in [3.05, 3.63) is 29.3 Å². The van der Waals surface area contributed by atoms with E-state index in [2.05, 4.69) is 5.32 Å². The standard InChI is InChI=1S/C11H13NO2/c1-12-9-4-2-3-7-5-6-8(10(7)9)11(13)14/h2-4,8,12H,5-6H2,1H3,(H,13,14). The van der Waals surface area contributed by atoms with E-state index in [-0.39, 0.29) is 5.92 Å². The van der Waals surface area contributed by atoms with Gasteiger partial charge in [-0.2, -0.15) is 0 Å². The molecule has 2 rings (SSSR count). The Hall–Kier alpha value is -1.51. The summed E-state index contributed by atoms with van der Waals surface area (Å²) in [5.74, 6) is -1.04. The monoisotopic (exact) mass is 191 g/mol. The molecule has 1 aliphatic carbocycles. The fraction of sp³-hybridized carbons (Fsp3) is 0.364. The molecule has 0 bridgehead atoms. The van der Waals surface area contributed by atoms with Crippen molar-refractivity contribution < 1.29 is 9.90 Å². The molecule has 0 amide bonds. The van der Waals surface area contributed by atoms with Gasteiger partial charge in [0.05, 0.1) is 5.92 Å². The van der Waals surface area contributed by atoms with Crippen LogP contribution in [0.15, 0.2) is 18.2 Å². The summed E-state index contributed by atoms with van der Waals surface area (Å²) in [6.07, 6.45) is 1.60. The zero-order valence-corrected chi connectivity index (χ0v) is 8.08. The van der Waals surface area contributed by atoms with Crippen LogP contribution in [0.4, 0.5) is 5.69 Å². The zero-order chi connectivity index (χ0) is 10.1. The van der Waals surface area contributed by atoms with Gasteiger partial charge in [0.1, 0.15) is 0 Å². The predicted octanol–water partition coefficient (Wildman–Crippen LogP) is 1.84. The molecule has 0 aliphatic heterocycles. The number of hydrogen-bond acceptors (Lipinski definition) is 2. The molecule has 2 N–H and O–H groups in total. The molecule has 0 radical (unpaired) electrons. The Labute approximate surface area is 82.8 Å². The van der Waals surface area contributed by atoms with E-state index in [1.54, 1.807) is 0 Å². The molecule has 0 fully saturated rings. The van der Waals surface area contributed by atoms with Crippen LogP contribution in [0.5, 0.6) is 0 Å². The second-order valence-corrected chi connectivity index (χ2v) is 3.56. The fourth-order valence-electron chi connectivity index (χ4n) is 2.15. The summed E-state index contributed by atoms with van der Waals surface area (Å²) < 4.78 is 0. The van der Waals surface area contributed by atoms with Gasteiger partial charge in [0.15, 0.2) is 0 Å². The third kappa shape index (κ3) is 1.25. The zero-order valence-electron chi connectivity index (χ0n) is 8.08. The number of benzene rings is 1. The van der Waals surface area contributed by atoms with Gasteiger partial charge in [-0.1, -0.05) is 12.1 Å². The second kappa shape index (κ2) is 3.33. The molecule has 0 spiro atoms. The van der Waals surface area contributed by atoms with Crippen LogP contribution >= 0.6 is 0 Å². The normalized spacial score (nSPS) is 19.1. The van der Waals surface area contributed by atoms with Crippen molar-refractivity contribution in [3.63, 3.8) is 0 Å². The van der Waals surface area contributed by atoms with Crippen molar-refractivity contribution in [3.8, 4) is 0 Å². The van der Waals surface area contributed by atoms with Crippen molar-refractivity contribution in [2.45, 2.75) is 18.8 Å². The first kappa shape index (κ1) is 9.06. The number of carboxylic acids is 1. The van der Waals surface area contributed by atoms with E-state index in [4.69, 9.17) is 5.11 Å². The van der Waals surface area contributed by atoms with Crippen LogP contribution in [0.25, 0.3) is 0 Å². The number of carboxylic acid groups (broad SMARTS) is 1. The van der Waals surface area contributed by atoms with Gasteiger partial charge < -0.3 is 10.4 Å². The molecule has 0 heterocycles. The first-order valence-electron chi connectivity index (χ1n) is 4.76. The molecule has 1 aromatic rings. The average molecular weight is 191 g/mol. The maximum Gasteiger partial charge on any atom is 0.311 e. The molecule has 1 aromatic carbocycles. The van der Waals surface area contributed by atoms with E-state index in [0.29, 0.717) is 0 Å². The van der Waals surface area contributed by atoms with Crippen LogP contribution < -0.4 is 5.32 Å². The van der Waals surface area contributed by atoms with Crippen LogP contribution in [0.2, 0.25) is 0 Å². The Bertz CT molecular complexity index is 374. The number of aryl methyl sites for hydroxylation is 1. The first-order chi connectivity index (χ1) is 6.74. The van der Waals surface area contributed by atoms with E-state index in [1.807, 2.05) is 25.2 Å². The fourth-order valence-corrected chi connectivity index (χ4v) is 2.15. The summed E-state index contributed by atoms with van der Waals surface area (Å²) in [5.41, 5.74) is 3.10. The van der Waals surface area contributed by atoms with E-state index in [9.17, 15) is 4.79 Å². The molecule has 3 nitrogen and oxygen atoms in total. The number of hydrogen-bond donors (Lipinski definition) is 2. The molecule has 3 heteroatoms. The van der Waals surface area contributed by atoms with Gasteiger partial charge in [0, 0.05) is 12.7 Å². The first-order valence-corrected chi connectivity index (χ1v) is 4.76. The lowest BCUT2D eigenvalue weighted by Gasteiger charge is -2.11. The van der Waals surface area contributed by atoms with E-state index in [0.717, 1.165) is 24.1 Å². The van der Waals surface area contributed by atoms with E-state index < -0.39 is 5.97 Å². The van der Waals surface area contributed by atoms with Gasteiger partial charge in [-0.3, -0.25) is 4.79 Å². The molecule has 0 aromatic heterocycles. The lowest BCUT2D eigenvalue weighted by Crippen LogP contribution is -2.09. The van der Waals surface area contributed by atoms with Gasteiger partial charge in [0.2, 0.25) is 0 Å². The minimum Gasteiger partial charge on any atom is -0.481 e. The largest absolute Gasteiger partial charge is 0.481 e. The highest BCUT2D eigenvalue weighted by Crippen LogP contribution is 2.38. The van der Waals surface area contributed by atoms with E-state index in [1.165, 1.54) is 5.56 Å². The minimum absolute atomic E-state index is 0.325. The Morgan fingerprint density at radius 3 is 3.00 bits per heavy atom. The van der Waals surface area contributed by atoms with Crippen molar-refractivity contribution in [2.24, 2.45) is 0 Å². The number of anilines is 1. The predicted molar refractivity (Wildman–Crippen MR) is 54.7 cm³/mol. The van der Waals surface area contributed by atoms with Crippen molar-refractivity contribution in [1.29, 1.82) is 0 Å². The highest BCUT2D eigenvalue weighted by molar-refractivity contribution is 5.81. The maximum absolute atomic E-state index is 11.0. The van der Waals surface area contributed by atoms with Crippen LogP contribution in [0.3, 0.4) is 0 Å². The van der Waals surface area contributed by atoms with Crippen molar-refractivity contribution in [2.75, 3.05) is 12.4 Å². The molecular formula is C11H13NO2. The Balaban J connectivity index is 2.50. The summed E-state index contributed by atoms with van der Waals surface area (Å²) in [5, 5.41) is 12.1. The third-order valence-electron chi connectivity index (χ3n) is 2.81. The summed E-state index contributed by atoms with van der Waals surface area (Å²) in [4.78, 5) is 11.0. The topological polar surface area (TPSA) is 49.3 Å². The van der Waals surface area contributed by atoms with Crippen LogP contribution in [-0.4, -0.2) is 18.1 Å².